The molecule has 1 amide bonds. The second-order valence-electron chi connectivity index (χ2n) is 6.55. The number of oxazole rings is 1. The Morgan fingerprint density at radius 2 is 1.89 bits per heavy atom. The van der Waals surface area contributed by atoms with Gasteiger partial charge in [-0.2, -0.15) is 0 Å². The van der Waals surface area contributed by atoms with Gasteiger partial charge < -0.3 is 9.32 Å². The summed E-state index contributed by atoms with van der Waals surface area (Å²) in [5, 5.41) is 0. The average Bonchev–Trinajstić information content (AvgIpc) is 3.10. The Morgan fingerprint density at radius 1 is 1.11 bits per heavy atom. The standard InChI is InChI=1S/C20H21N5O2/c1-15-18(23-19(27-15)16-5-3-2-4-6-16)14-24-9-11-25(12-10-24)20(26)17-13-21-7-8-22-17/h2-8,13H,9-12,14H2,1H3. The quantitative estimate of drug-likeness (QED) is 0.709. The molecule has 7 nitrogen and oxygen atoms in total. The monoisotopic (exact) mass is 363 g/mol. The van der Waals surface area contributed by atoms with Crippen LogP contribution in [-0.2, 0) is 6.54 Å². The lowest BCUT2D eigenvalue weighted by atomic mass is 10.2. The van der Waals surface area contributed by atoms with E-state index in [-0.39, 0.29) is 5.91 Å². The Labute approximate surface area is 157 Å². The molecule has 0 saturated carbocycles. The highest BCUT2D eigenvalue weighted by Gasteiger charge is 2.24. The van der Waals surface area contributed by atoms with E-state index in [1.54, 1.807) is 12.4 Å². The molecule has 0 bridgehead atoms. The number of hydrogen-bond acceptors (Lipinski definition) is 6. The Bertz CT molecular complexity index is 903. The number of benzene rings is 1. The first-order valence-corrected chi connectivity index (χ1v) is 9.00. The van der Waals surface area contributed by atoms with Gasteiger partial charge in [-0.15, -0.1) is 0 Å². The summed E-state index contributed by atoms with van der Waals surface area (Å²) in [7, 11) is 0. The van der Waals surface area contributed by atoms with E-state index in [2.05, 4.69) is 19.9 Å². The number of nitrogens with zero attached hydrogens (tertiary/aromatic N) is 5. The third-order valence-electron chi connectivity index (χ3n) is 4.73. The third kappa shape index (κ3) is 3.88. The molecule has 1 aliphatic rings. The Kier molecular flexibility index (Phi) is 4.93. The predicted molar refractivity (Wildman–Crippen MR) is 99.9 cm³/mol. The van der Waals surface area contributed by atoms with Gasteiger partial charge in [0.25, 0.3) is 5.91 Å². The number of carbonyl (C=O) groups is 1. The average molecular weight is 363 g/mol. The van der Waals surface area contributed by atoms with Gasteiger partial charge in [0.05, 0.1) is 11.9 Å². The molecule has 0 aliphatic carbocycles. The lowest BCUT2D eigenvalue weighted by molar-refractivity contribution is 0.0620. The number of piperazine rings is 1. The lowest BCUT2D eigenvalue weighted by Gasteiger charge is -2.34. The minimum Gasteiger partial charge on any atom is -0.441 e. The van der Waals surface area contributed by atoms with Crippen LogP contribution in [0.25, 0.3) is 11.5 Å². The number of aromatic nitrogens is 3. The molecule has 1 saturated heterocycles. The van der Waals surface area contributed by atoms with Crippen LogP contribution in [0, 0.1) is 6.92 Å². The van der Waals surface area contributed by atoms with E-state index in [1.807, 2.05) is 42.2 Å². The van der Waals surface area contributed by atoms with Gasteiger partial charge in [0, 0.05) is 50.7 Å². The van der Waals surface area contributed by atoms with Crippen LogP contribution in [0.1, 0.15) is 21.9 Å². The summed E-state index contributed by atoms with van der Waals surface area (Å²) in [4.78, 5) is 29.3. The molecule has 138 valence electrons. The maximum Gasteiger partial charge on any atom is 0.274 e. The van der Waals surface area contributed by atoms with Gasteiger partial charge >= 0.3 is 0 Å². The number of rotatable bonds is 4. The number of hydrogen-bond donors (Lipinski definition) is 0. The fraction of sp³-hybridized carbons (Fsp3) is 0.300. The van der Waals surface area contributed by atoms with Crippen molar-refractivity contribution in [1.82, 2.24) is 24.8 Å². The largest absolute Gasteiger partial charge is 0.441 e. The van der Waals surface area contributed by atoms with Crippen LogP contribution in [0.15, 0.2) is 53.3 Å². The lowest BCUT2D eigenvalue weighted by Crippen LogP contribution is -2.48. The Balaban J connectivity index is 1.37. The molecular weight excluding hydrogens is 342 g/mol. The molecule has 7 heteroatoms. The normalized spacial score (nSPS) is 15.1. The molecule has 1 aromatic carbocycles. The molecule has 4 rings (SSSR count). The summed E-state index contributed by atoms with van der Waals surface area (Å²) < 4.78 is 5.84. The zero-order valence-electron chi connectivity index (χ0n) is 15.2. The van der Waals surface area contributed by atoms with E-state index < -0.39 is 0 Å². The molecule has 0 radical (unpaired) electrons. The van der Waals surface area contributed by atoms with Crippen LogP contribution >= 0.6 is 0 Å². The number of amides is 1. The second-order valence-corrected chi connectivity index (χ2v) is 6.55. The molecular formula is C20H21N5O2. The van der Waals surface area contributed by atoms with Crippen molar-refractivity contribution >= 4 is 5.91 Å². The molecule has 3 heterocycles. The molecule has 0 N–H and O–H groups in total. The van der Waals surface area contributed by atoms with Gasteiger partial charge in [0.1, 0.15) is 11.5 Å². The van der Waals surface area contributed by atoms with Crippen LogP contribution in [0.2, 0.25) is 0 Å². The summed E-state index contributed by atoms with van der Waals surface area (Å²) in [6.07, 6.45) is 4.62. The molecule has 0 atom stereocenters. The van der Waals surface area contributed by atoms with E-state index in [9.17, 15) is 4.79 Å². The maximum absolute atomic E-state index is 12.5. The second kappa shape index (κ2) is 7.67. The van der Waals surface area contributed by atoms with E-state index in [1.165, 1.54) is 6.20 Å². The first-order chi connectivity index (χ1) is 13.2. The SMILES string of the molecule is Cc1oc(-c2ccccc2)nc1CN1CCN(C(=O)c2cnccn2)CC1. The van der Waals surface area contributed by atoms with Crippen molar-refractivity contribution in [3.05, 3.63) is 66.1 Å². The molecule has 2 aromatic heterocycles. The highest BCUT2D eigenvalue weighted by Crippen LogP contribution is 2.22. The number of aryl methyl sites for hydroxylation is 1. The summed E-state index contributed by atoms with van der Waals surface area (Å²) in [6.45, 7) is 5.58. The van der Waals surface area contributed by atoms with Crippen molar-refractivity contribution in [2.24, 2.45) is 0 Å². The molecule has 0 unspecified atom stereocenters. The van der Waals surface area contributed by atoms with Crippen molar-refractivity contribution in [3.63, 3.8) is 0 Å². The Hall–Kier alpha value is -3.06. The van der Waals surface area contributed by atoms with Gasteiger partial charge in [-0.05, 0) is 19.1 Å². The molecule has 27 heavy (non-hydrogen) atoms. The van der Waals surface area contributed by atoms with Crippen molar-refractivity contribution in [2.45, 2.75) is 13.5 Å². The third-order valence-corrected chi connectivity index (χ3v) is 4.73. The predicted octanol–water partition coefficient (Wildman–Crippen LogP) is 2.40. The van der Waals surface area contributed by atoms with E-state index in [0.717, 1.165) is 36.7 Å². The first kappa shape index (κ1) is 17.4. The summed E-state index contributed by atoms with van der Waals surface area (Å²) in [5.74, 6) is 1.43. The van der Waals surface area contributed by atoms with Crippen LogP contribution in [0.5, 0.6) is 0 Å². The summed E-state index contributed by atoms with van der Waals surface area (Å²) in [6, 6.07) is 9.91. The minimum absolute atomic E-state index is 0.0632. The Morgan fingerprint density at radius 3 is 2.59 bits per heavy atom. The van der Waals surface area contributed by atoms with Crippen molar-refractivity contribution in [2.75, 3.05) is 26.2 Å². The smallest absolute Gasteiger partial charge is 0.274 e. The van der Waals surface area contributed by atoms with Gasteiger partial charge in [-0.3, -0.25) is 14.7 Å². The number of carbonyl (C=O) groups excluding carboxylic acids is 1. The minimum atomic E-state index is -0.0632. The zero-order valence-corrected chi connectivity index (χ0v) is 15.2. The van der Waals surface area contributed by atoms with Crippen molar-refractivity contribution in [1.29, 1.82) is 0 Å². The van der Waals surface area contributed by atoms with Gasteiger partial charge in [0.2, 0.25) is 5.89 Å². The fourth-order valence-electron chi connectivity index (χ4n) is 3.17. The van der Waals surface area contributed by atoms with E-state index >= 15 is 0 Å². The van der Waals surface area contributed by atoms with Gasteiger partial charge in [-0.1, -0.05) is 18.2 Å². The van der Waals surface area contributed by atoms with Crippen LogP contribution < -0.4 is 0 Å². The van der Waals surface area contributed by atoms with Gasteiger partial charge in [-0.25, -0.2) is 9.97 Å². The van der Waals surface area contributed by atoms with Crippen LogP contribution in [-0.4, -0.2) is 56.8 Å². The van der Waals surface area contributed by atoms with Crippen molar-refractivity contribution < 1.29 is 9.21 Å². The highest BCUT2D eigenvalue weighted by molar-refractivity contribution is 5.92. The summed E-state index contributed by atoms with van der Waals surface area (Å²) >= 11 is 0. The molecule has 0 spiro atoms. The maximum atomic E-state index is 12.5. The summed E-state index contributed by atoms with van der Waals surface area (Å²) in [5.41, 5.74) is 2.32. The van der Waals surface area contributed by atoms with Gasteiger partial charge in [0.15, 0.2) is 0 Å². The van der Waals surface area contributed by atoms with E-state index in [0.29, 0.717) is 24.7 Å². The molecule has 3 aromatic rings. The van der Waals surface area contributed by atoms with Crippen molar-refractivity contribution in [3.8, 4) is 11.5 Å². The van der Waals surface area contributed by atoms with Crippen LogP contribution in [0.4, 0.5) is 0 Å². The fourth-order valence-corrected chi connectivity index (χ4v) is 3.17. The highest BCUT2D eigenvalue weighted by atomic mass is 16.4. The zero-order chi connectivity index (χ0) is 18.6. The first-order valence-electron chi connectivity index (χ1n) is 9.00. The molecule has 1 aliphatic heterocycles. The van der Waals surface area contributed by atoms with E-state index in [4.69, 9.17) is 4.42 Å². The molecule has 1 fully saturated rings. The van der Waals surface area contributed by atoms with Crippen LogP contribution in [0.3, 0.4) is 0 Å². The topological polar surface area (TPSA) is 75.4 Å².